The molecule has 2 amide bonds. The fourth-order valence-corrected chi connectivity index (χ4v) is 3.51. The third-order valence-corrected chi connectivity index (χ3v) is 5.39. The molecule has 0 spiro atoms. The van der Waals surface area contributed by atoms with Gasteiger partial charge in [-0.25, -0.2) is 4.39 Å². The number of hydrogen-bond acceptors (Lipinski definition) is 3. The highest BCUT2D eigenvalue weighted by Crippen LogP contribution is 2.25. The van der Waals surface area contributed by atoms with E-state index in [0.29, 0.717) is 42.0 Å². The predicted octanol–water partition coefficient (Wildman–Crippen LogP) is 3.51. The van der Waals surface area contributed by atoms with Crippen LogP contribution in [-0.2, 0) is 11.2 Å². The molecule has 1 fully saturated rings. The van der Waals surface area contributed by atoms with Crippen molar-refractivity contribution in [3.63, 3.8) is 0 Å². The fourth-order valence-electron chi connectivity index (χ4n) is 3.05. The third-order valence-electron chi connectivity index (χ3n) is 4.77. The zero-order valence-corrected chi connectivity index (χ0v) is 17.2. The number of amides is 2. The summed E-state index contributed by atoms with van der Waals surface area (Å²) in [4.78, 5) is 28.4. The summed E-state index contributed by atoms with van der Waals surface area (Å²) in [6.07, 6.45) is 0.936. The van der Waals surface area contributed by atoms with Gasteiger partial charge in [-0.15, -0.1) is 0 Å². The van der Waals surface area contributed by atoms with Gasteiger partial charge in [-0.2, -0.15) is 0 Å². The third kappa shape index (κ3) is 4.90. The van der Waals surface area contributed by atoms with Gasteiger partial charge in [0.1, 0.15) is 11.6 Å². The van der Waals surface area contributed by atoms with Gasteiger partial charge in [0.25, 0.3) is 11.8 Å². The summed E-state index contributed by atoms with van der Waals surface area (Å²) < 4.78 is 19.1. The second-order valence-electron chi connectivity index (χ2n) is 6.59. The molecule has 0 aliphatic carbocycles. The minimum Gasteiger partial charge on any atom is -0.483 e. The number of hydrogen-bond donors (Lipinski definition) is 0. The number of ether oxygens (including phenoxy) is 1. The number of piperazine rings is 1. The number of nitrogens with zero attached hydrogens (tertiary/aromatic N) is 2. The van der Waals surface area contributed by atoms with Crippen LogP contribution in [0.2, 0.25) is 0 Å². The van der Waals surface area contributed by atoms with Crippen molar-refractivity contribution in [2.75, 3.05) is 32.8 Å². The lowest BCUT2D eigenvalue weighted by Gasteiger charge is -2.34. The predicted molar refractivity (Wildman–Crippen MR) is 108 cm³/mol. The summed E-state index contributed by atoms with van der Waals surface area (Å²) >= 11 is 3.21. The molecule has 1 aliphatic rings. The fraction of sp³-hybridized carbons (Fsp3) is 0.333. The van der Waals surface area contributed by atoms with Gasteiger partial charge in [0.2, 0.25) is 0 Å². The average Bonchev–Trinajstić information content (AvgIpc) is 2.72. The van der Waals surface area contributed by atoms with Crippen LogP contribution in [0.5, 0.6) is 5.75 Å². The first kappa shape index (κ1) is 20.3. The van der Waals surface area contributed by atoms with E-state index in [1.807, 2.05) is 24.3 Å². The molecule has 2 aromatic carbocycles. The monoisotopic (exact) mass is 448 g/mol. The van der Waals surface area contributed by atoms with Crippen molar-refractivity contribution in [1.82, 2.24) is 9.80 Å². The Morgan fingerprint density at radius 3 is 2.29 bits per heavy atom. The zero-order chi connectivity index (χ0) is 20.1. The van der Waals surface area contributed by atoms with Crippen LogP contribution in [0.15, 0.2) is 46.9 Å². The van der Waals surface area contributed by atoms with Gasteiger partial charge >= 0.3 is 0 Å². The van der Waals surface area contributed by atoms with Crippen LogP contribution in [0.25, 0.3) is 0 Å². The molecule has 0 N–H and O–H groups in total. The highest BCUT2D eigenvalue weighted by molar-refractivity contribution is 9.10. The van der Waals surface area contributed by atoms with Gasteiger partial charge in [-0.3, -0.25) is 9.59 Å². The van der Waals surface area contributed by atoms with E-state index in [4.69, 9.17) is 4.74 Å². The highest BCUT2D eigenvalue weighted by atomic mass is 79.9. The van der Waals surface area contributed by atoms with Crippen molar-refractivity contribution in [2.45, 2.75) is 13.3 Å². The smallest absolute Gasteiger partial charge is 0.260 e. The number of carbonyl (C=O) groups excluding carboxylic acids is 2. The SMILES string of the molecule is CCc1ccc(C(=O)N2CCN(C(=O)COc3ccc(F)cc3Br)CC2)cc1. The van der Waals surface area contributed by atoms with Gasteiger partial charge in [0.05, 0.1) is 4.47 Å². The summed E-state index contributed by atoms with van der Waals surface area (Å²) in [7, 11) is 0. The molecule has 0 saturated carbocycles. The Morgan fingerprint density at radius 2 is 1.68 bits per heavy atom. The number of benzene rings is 2. The van der Waals surface area contributed by atoms with E-state index in [1.165, 1.54) is 23.8 Å². The molecule has 1 heterocycles. The van der Waals surface area contributed by atoms with Crippen LogP contribution in [0.1, 0.15) is 22.8 Å². The number of carbonyl (C=O) groups is 2. The van der Waals surface area contributed by atoms with Crippen molar-refractivity contribution in [3.8, 4) is 5.75 Å². The molecule has 7 heteroatoms. The molecular formula is C21H22BrFN2O3. The first-order valence-corrected chi connectivity index (χ1v) is 10.0. The summed E-state index contributed by atoms with van der Waals surface area (Å²) in [6, 6.07) is 11.7. The summed E-state index contributed by atoms with van der Waals surface area (Å²) in [5, 5.41) is 0. The van der Waals surface area contributed by atoms with Crippen LogP contribution in [0.3, 0.4) is 0 Å². The van der Waals surface area contributed by atoms with E-state index < -0.39 is 0 Å². The summed E-state index contributed by atoms with van der Waals surface area (Å²) in [5.41, 5.74) is 1.86. The highest BCUT2D eigenvalue weighted by Gasteiger charge is 2.25. The zero-order valence-electron chi connectivity index (χ0n) is 15.7. The molecular weight excluding hydrogens is 427 g/mol. The first-order chi connectivity index (χ1) is 13.5. The van der Waals surface area contributed by atoms with Crippen LogP contribution in [0.4, 0.5) is 4.39 Å². The Hall–Kier alpha value is -2.41. The standard InChI is InChI=1S/C21H22BrFN2O3/c1-2-15-3-5-16(6-4-15)21(27)25-11-9-24(10-12-25)20(26)14-28-19-8-7-17(23)13-18(19)22/h3-8,13H,2,9-12,14H2,1H3. The molecule has 148 valence electrons. The quantitative estimate of drug-likeness (QED) is 0.702. The molecule has 28 heavy (non-hydrogen) atoms. The normalized spacial score (nSPS) is 14.1. The molecule has 0 atom stereocenters. The lowest BCUT2D eigenvalue weighted by Crippen LogP contribution is -2.51. The van der Waals surface area contributed by atoms with Crippen molar-refractivity contribution >= 4 is 27.7 Å². The van der Waals surface area contributed by atoms with E-state index >= 15 is 0 Å². The second-order valence-corrected chi connectivity index (χ2v) is 7.44. The molecule has 1 saturated heterocycles. The lowest BCUT2D eigenvalue weighted by atomic mass is 10.1. The minimum atomic E-state index is -0.379. The Kier molecular flexibility index (Phi) is 6.67. The Morgan fingerprint density at radius 1 is 1.04 bits per heavy atom. The number of aryl methyl sites for hydroxylation is 1. The van der Waals surface area contributed by atoms with E-state index in [-0.39, 0.29) is 24.2 Å². The van der Waals surface area contributed by atoms with Crippen molar-refractivity contribution in [2.24, 2.45) is 0 Å². The average molecular weight is 449 g/mol. The first-order valence-electron chi connectivity index (χ1n) is 9.21. The second kappa shape index (κ2) is 9.19. The van der Waals surface area contributed by atoms with Crippen molar-refractivity contribution in [3.05, 3.63) is 63.9 Å². The maximum Gasteiger partial charge on any atom is 0.260 e. The van der Waals surface area contributed by atoms with E-state index in [1.54, 1.807) is 9.80 Å². The molecule has 0 bridgehead atoms. The molecule has 0 radical (unpaired) electrons. The largest absolute Gasteiger partial charge is 0.483 e. The molecule has 1 aliphatic heterocycles. The number of halogens is 2. The Bertz CT molecular complexity index is 849. The van der Waals surface area contributed by atoms with Crippen LogP contribution in [0, 0.1) is 5.82 Å². The Balaban J connectivity index is 1.49. The lowest BCUT2D eigenvalue weighted by molar-refractivity contribution is -0.134. The van der Waals surface area contributed by atoms with Crippen LogP contribution < -0.4 is 4.74 Å². The van der Waals surface area contributed by atoms with Gasteiger partial charge in [0.15, 0.2) is 6.61 Å². The van der Waals surface area contributed by atoms with Crippen LogP contribution >= 0.6 is 15.9 Å². The van der Waals surface area contributed by atoms with Crippen LogP contribution in [-0.4, -0.2) is 54.4 Å². The molecule has 5 nitrogen and oxygen atoms in total. The van der Waals surface area contributed by atoms with Gasteiger partial charge < -0.3 is 14.5 Å². The molecule has 0 aromatic heterocycles. The van der Waals surface area contributed by atoms with E-state index in [9.17, 15) is 14.0 Å². The minimum absolute atomic E-state index is 0.0127. The maximum absolute atomic E-state index is 13.1. The van der Waals surface area contributed by atoms with Crippen molar-refractivity contribution < 1.29 is 18.7 Å². The summed E-state index contributed by atoms with van der Waals surface area (Å²) in [6.45, 7) is 3.85. The molecule has 2 aromatic rings. The van der Waals surface area contributed by atoms with Gasteiger partial charge in [-0.05, 0) is 58.2 Å². The summed E-state index contributed by atoms with van der Waals surface area (Å²) in [5.74, 6) is -0.133. The van der Waals surface area contributed by atoms with E-state index in [2.05, 4.69) is 22.9 Å². The van der Waals surface area contributed by atoms with E-state index in [0.717, 1.165) is 6.42 Å². The molecule has 3 rings (SSSR count). The number of rotatable bonds is 5. The van der Waals surface area contributed by atoms with Crippen molar-refractivity contribution in [1.29, 1.82) is 0 Å². The topological polar surface area (TPSA) is 49.9 Å². The molecule has 0 unspecified atom stereocenters. The maximum atomic E-state index is 13.1. The Labute approximate surface area is 172 Å². The van der Waals surface area contributed by atoms with Gasteiger partial charge in [-0.1, -0.05) is 19.1 Å². The van der Waals surface area contributed by atoms with Gasteiger partial charge in [0, 0.05) is 31.7 Å².